The molecule has 4 N–H and O–H groups in total. The Morgan fingerprint density at radius 1 is 0.969 bits per heavy atom. The van der Waals surface area contributed by atoms with E-state index in [1.165, 1.54) is 17.7 Å². The standard InChI is InChI=1S/C23H18FN7O/c24-14-9-13(10-15(32)11-14)19-20-17(5-8-26-19)28-23(29-20)22-21-18(30-31-22)2-1-16(27-21)12-3-6-25-7-4-12/h1-3,5,8-11,25,32H,4,6-7H2,(H,28,29)(H,30,31). The second-order valence-corrected chi connectivity index (χ2v) is 7.69. The Hall–Kier alpha value is -4.11. The molecule has 0 saturated heterocycles. The Labute approximate surface area is 181 Å². The van der Waals surface area contributed by atoms with Crippen molar-refractivity contribution in [1.29, 1.82) is 0 Å². The number of H-pyrrole nitrogens is 2. The second-order valence-electron chi connectivity index (χ2n) is 7.69. The maximum absolute atomic E-state index is 13.9. The largest absolute Gasteiger partial charge is 0.508 e. The Morgan fingerprint density at radius 3 is 2.72 bits per heavy atom. The summed E-state index contributed by atoms with van der Waals surface area (Å²) in [7, 11) is 0. The van der Waals surface area contributed by atoms with Crippen molar-refractivity contribution in [2.45, 2.75) is 6.42 Å². The van der Waals surface area contributed by atoms with Crippen LogP contribution < -0.4 is 5.32 Å². The zero-order valence-electron chi connectivity index (χ0n) is 16.9. The number of halogens is 1. The van der Waals surface area contributed by atoms with Crippen molar-refractivity contribution in [1.82, 2.24) is 35.5 Å². The molecule has 1 aliphatic heterocycles. The average Bonchev–Trinajstić information content (AvgIpc) is 3.42. The fourth-order valence-electron chi connectivity index (χ4n) is 4.07. The van der Waals surface area contributed by atoms with E-state index in [4.69, 9.17) is 9.97 Å². The van der Waals surface area contributed by atoms with Crippen LogP contribution in [-0.2, 0) is 0 Å². The summed E-state index contributed by atoms with van der Waals surface area (Å²) < 4.78 is 13.9. The lowest BCUT2D eigenvalue weighted by molar-refractivity contribution is 0.469. The minimum Gasteiger partial charge on any atom is -0.508 e. The Bertz CT molecular complexity index is 1500. The van der Waals surface area contributed by atoms with Crippen molar-refractivity contribution in [3.05, 3.63) is 60.2 Å². The molecule has 32 heavy (non-hydrogen) atoms. The van der Waals surface area contributed by atoms with E-state index in [-0.39, 0.29) is 5.75 Å². The fourth-order valence-corrected chi connectivity index (χ4v) is 4.07. The predicted molar refractivity (Wildman–Crippen MR) is 119 cm³/mol. The molecule has 0 unspecified atom stereocenters. The molecule has 0 saturated carbocycles. The summed E-state index contributed by atoms with van der Waals surface area (Å²) in [6.07, 6.45) is 4.70. The Balaban J connectivity index is 1.49. The third-order valence-electron chi connectivity index (χ3n) is 5.58. The van der Waals surface area contributed by atoms with Crippen LogP contribution in [0.25, 0.3) is 50.4 Å². The summed E-state index contributed by atoms with van der Waals surface area (Å²) in [5, 5.41) is 20.6. The van der Waals surface area contributed by atoms with Gasteiger partial charge in [0.25, 0.3) is 0 Å². The van der Waals surface area contributed by atoms with Crippen molar-refractivity contribution >= 4 is 27.6 Å². The molecule has 8 nitrogen and oxygen atoms in total. The van der Waals surface area contributed by atoms with Crippen molar-refractivity contribution in [3.8, 4) is 28.5 Å². The molecule has 0 spiro atoms. The molecule has 0 bridgehead atoms. The Morgan fingerprint density at radius 2 is 1.88 bits per heavy atom. The van der Waals surface area contributed by atoms with Crippen LogP contribution in [0.2, 0.25) is 0 Å². The molecule has 1 aliphatic rings. The zero-order valence-corrected chi connectivity index (χ0v) is 16.9. The number of nitrogens with one attached hydrogen (secondary N) is 3. The first-order chi connectivity index (χ1) is 15.7. The lowest BCUT2D eigenvalue weighted by Gasteiger charge is -2.13. The van der Waals surface area contributed by atoms with Gasteiger partial charge in [0.2, 0.25) is 0 Å². The van der Waals surface area contributed by atoms with E-state index in [1.54, 1.807) is 12.3 Å². The van der Waals surface area contributed by atoms with E-state index in [0.29, 0.717) is 28.3 Å². The number of nitrogens with zero attached hydrogens (tertiary/aromatic N) is 4. The molecular weight excluding hydrogens is 409 g/mol. The summed E-state index contributed by atoms with van der Waals surface area (Å²) in [5.74, 6) is -0.182. The third-order valence-corrected chi connectivity index (χ3v) is 5.58. The molecule has 4 aromatic heterocycles. The topological polar surface area (TPSA) is 115 Å². The average molecular weight is 427 g/mol. The van der Waals surface area contributed by atoms with Crippen molar-refractivity contribution in [2.75, 3.05) is 13.1 Å². The van der Waals surface area contributed by atoms with E-state index < -0.39 is 5.82 Å². The molecule has 0 aliphatic carbocycles. The van der Waals surface area contributed by atoms with Gasteiger partial charge in [-0.05, 0) is 48.9 Å². The number of fused-ring (bicyclic) bond motifs is 2. The van der Waals surface area contributed by atoms with Crippen molar-refractivity contribution < 1.29 is 9.50 Å². The van der Waals surface area contributed by atoms with Gasteiger partial charge in [-0.3, -0.25) is 10.1 Å². The van der Waals surface area contributed by atoms with Crippen LogP contribution in [0.15, 0.2) is 48.7 Å². The highest BCUT2D eigenvalue weighted by Gasteiger charge is 2.18. The molecule has 0 fully saturated rings. The number of imidazole rings is 1. The molecule has 5 aromatic rings. The minimum absolute atomic E-state index is 0.170. The highest BCUT2D eigenvalue weighted by atomic mass is 19.1. The SMILES string of the molecule is Oc1cc(F)cc(-c2nccc3[nH]c(-c4n[nH]c5ccc(C6=CCNCC6)nc45)nc23)c1. The highest BCUT2D eigenvalue weighted by Crippen LogP contribution is 2.32. The van der Waals surface area contributed by atoms with E-state index >= 15 is 0 Å². The van der Waals surface area contributed by atoms with E-state index in [1.807, 2.05) is 12.1 Å². The van der Waals surface area contributed by atoms with Crippen LogP contribution >= 0.6 is 0 Å². The van der Waals surface area contributed by atoms with Gasteiger partial charge in [0.15, 0.2) is 11.5 Å². The Kier molecular flexibility index (Phi) is 4.22. The second kappa shape index (κ2) is 7.24. The lowest BCUT2D eigenvalue weighted by atomic mass is 10.1. The molecule has 0 radical (unpaired) electrons. The molecule has 9 heteroatoms. The minimum atomic E-state index is -0.545. The molecular formula is C23H18FN7O. The number of aromatic amines is 2. The number of benzene rings is 1. The van der Waals surface area contributed by atoms with Gasteiger partial charge in [0.1, 0.15) is 22.6 Å². The van der Waals surface area contributed by atoms with Crippen LogP contribution in [0.4, 0.5) is 4.39 Å². The molecule has 1 aromatic carbocycles. The number of aromatic hydroxyl groups is 1. The molecule has 5 heterocycles. The highest BCUT2D eigenvalue weighted by molar-refractivity contribution is 5.95. The smallest absolute Gasteiger partial charge is 0.161 e. The van der Waals surface area contributed by atoms with Gasteiger partial charge >= 0.3 is 0 Å². The van der Waals surface area contributed by atoms with Gasteiger partial charge < -0.3 is 15.4 Å². The number of aromatic nitrogens is 6. The summed E-state index contributed by atoms with van der Waals surface area (Å²) >= 11 is 0. The van der Waals surface area contributed by atoms with Gasteiger partial charge in [-0.1, -0.05) is 6.08 Å². The van der Waals surface area contributed by atoms with Gasteiger partial charge in [0, 0.05) is 24.4 Å². The van der Waals surface area contributed by atoms with Crippen LogP contribution in [0, 0.1) is 5.82 Å². The lowest BCUT2D eigenvalue weighted by Crippen LogP contribution is -2.20. The number of hydrogen-bond donors (Lipinski definition) is 4. The van der Waals surface area contributed by atoms with E-state index in [0.717, 1.165) is 47.8 Å². The van der Waals surface area contributed by atoms with E-state index in [2.05, 4.69) is 31.6 Å². The fraction of sp³-hybridized carbons (Fsp3) is 0.130. The first-order valence-electron chi connectivity index (χ1n) is 10.3. The van der Waals surface area contributed by atoms with Crippen LogP contribution in [-0.4, -0.2) is 48.3 Å². The van der Waals surface area contributed by atoms with Gasteiger partial charge in [-0.2, -0.15) is 5.10 Å². The van der Waals surface area contributed by atoms with Crippen molar-refractivity contribution in [3.63, 3.8) is 0 Å². The van der Waals surface area contributed by atoms with Crippen LogP contribution in [0.1, 0.15) is 12.1 Å². The quantitative estimate of drug-likeness (QED) is 0.348. The number of phenols is 1. The maximum Gasteiger partial charge on any atom is 0.161 e. The number of hydrogen-bond acceptors (Lipinski definition) is 6. The van der Waals surface area contributed by atoms with Crippen molar-refractivity contribution in [2.24, 2.45) is 0 Å². The third kappa shape index (κ3) is 3.10. The predicted octanol–water partition coefficient (Wildman–Crippen LogP) is 3.78. The van der Waals surface area contributed by atoms with Gasteiger partial charge in [-0.25, -0.2) is 14.4 Å². The summed E-state index contributed by atoms with van der Waals surface area (Å²) in [6, 6.07) is 9.60. The maximum atomic E-state index is 13.9. The first kappa shape index (κ1) is 18.6. The van der Waals surface area contributed by atoms with Crippen LogP contribution in [0.3, 0.4) is 0 Å². The number of pyridine rings is 2. The van der Waals surface area contributed by atoms with E-state index in [9.17, 15) is 9.50 Å². The van der Waals surface area contributed by atoms with Gasteiger partial charge in [-0.15, -0.1) is 0 Å². The summed E-state index contributed by atoms with van der Waals surface area (Å²) in [4.78, 5) is 17.2. The van der Waals surface area contributed by atoms with Crippen LogP contribution in [0.5, 0.6) is 5.75 Å². The molecule has 6 rings (SSSR count). The zero-order chi connectivity index (χ0) is 21.7. The number of rotatable bonds is 3. The molecule has 158 valence electrons. The summed E-state index contributed by atoms with van der Waals surface area (Å²) in [6.45, 7) is 1.76. The number of phenolic OH excluding ortho intramolecular Hbond substituents is 1. The normalized spacial score (nSPS) is 14.2. The first-order valence-corrected chi connectivity index (χ1v) is 10.3. The molecule has 0 amide bonds. The monoisotopic (exact) mass is 427 g/mol. The summed E-state index contributed by atoms with van der Waals surface area (Å²) in [5.41, 5.74) is 6.45. The van der Waals surface area contributed by atoms with Gasteiger partial charge in [0.05, 0.1) is 22.4 Å². The molecule has 0 atom stereocenters.